The van der Waals surface area contributed by atoms with E-state index in [9.17, 15) is 18.8 Å². The Morgan fingerprint density at radius 2 is 1.94 bits per heavy atom. The average Bonchev–Trinajstić information content (AvgIpc) is 3.26. The number of aryl methyl sites for hydroxylation is 1. The number of pyridine rings is 1. The number of methoxy groups -OCH3 is 1. The van der Waals surface area contributed by atoms with Gasteiger partial charge in [-0.1, -0.05) is 12.1 Å². The van der Waals surface area contributed by atoms with Crippen LogP contribution in [0.1, 0.15) is 26.4 Å². The van der Waals surface area contributed by atoms with E-state index < -0.39 is 17.1 Å². The Kier molecular flexibility index (Phi) is 5.87. The highest BCUT2D eigenvalue weighted by molar-refractivity contribution is 7.19. The molecule has 0 aliphatic rings. The van der Waals surface area contributed by atoms with Crippen molar-refractivity contribution in [1.82, 2.24) is 19.3 Å². The molecule has 1 amide bonds. The molecular formula is C22H19FN4O4S. The standard InChI is InChI=1S/C22H19FN4O4S/c1-13-20(29)26(11-14-3-5-16(23)6-4-14)22(30)27-12-17(32-21(13)27)19(28)25-10-15-7-8-24-18(9-15)31-2/h3-9,12H,10-11H2,1-2H3,(H,25,28). The molecule has 1 N–H and O–H groups in total. The minimum Gasteiger partial charge on any atom is -0.481 e. The topological polar surface area (TPSA) is 94.7 Å². The van der Waals surface area contributed by atoms with Gasteiger partial charge in [-0.2, -0.15) is 0 Å². The second kappa shape index (κ2) is 8.75. The van der Waals surface area contributed by atoms with Crippen molar-refractivity contribution in [3.8, 4) is 5.88 Å². The summed E-state index contributed by atoms with van der Waals surface area (Å²) in [4.78, 5) is 43.2. The van der Waals surface area contributed by atoms with Crippen molar-refractivity contribution in [3.05, 3.63) is 97.0 Å². The van der Waals surface area contributed by atoms with Gasteiger partial charge in [0.05, 0.1) is 13.7 Å². The maximum absolute atomic E-state index is 13.2. The Balaban J connectivity index is 1.63. The van der Waals surface area contributed by atoms with Crippen molar-refractivity contribution in [3.63, 3.8) is 0 Å². The number of aromatic nitrogens is 3. The summed E-state index contributed by atoms with van der Waals surface area (Å²) >= 11 is 1.07. The molecule has 0 aliphatic carbocycles. The van der Waals surface area contributed by atoms with Crippen LogP contribution < -0.4 is 21.3 Å². The minimum atomic E-state index is -0.561. The highest BCUT2D eigenvalue weighted by atomic mass is 32.1. The quantitative estimate of drug-likeness (QED) is 0.483. The smallest absolute Gasteiger partial charge is 0.336 e. The second-order valence-corrected chi connectivity index (χ2v) is 8.12. The molecule has 0 saturated carbocycles. The van der Waals surface area contributed by atoms with Crippen molar-refractivity contribution in [2.24, 2.45) is 0 Å². The first-order chi connectivity index (χ1) is 15.4. The van der Waals surface area contributed by atoms with Gasteiger partial charge in [0.25, 0.3) is 11.5 Å². The molecule has 0 bridgehead atoms. The lowest BCUT2D eigenvalue weighted by atomic mass is 10.2. The fourth-order valence-electron chi connectivity index (χ4n) is 3.22. The van der Waals surface area contributed by atoms with Crippen molar-refractivity contribution < 1.29 is 13.9 Å². The fraction of sp³-hybridized carbons (Fsp3) is 0.182. The molecule has 0 spiro atoms. The van der Waals surface area contributed by atoms with E-state index in [1.165, 1.54) is 42.0 Å². The fourth-order valence-corrected chi connectivity index (χ4v) is 4.22. The van der Waals surface area contributed by atoms with Crippen LogP contribution in [0.5, 0.6) is 5.88 Å². The van der Waals surface area contributed by atoms with E-state index in [-0.39, 0.29) is 19.0 Å². The summed E-state index contributed by atoms with van der Waals surface area (Å²) < 4.78 is 20.6. The number of hydrogen-bond acceptors (Lipinski definition) is 6. The number of rotatable bonds is 6. The van der Waals surface area contributed by atoms with Gasteiger partial charge < -0.3 is 10.1 Å². The second-order valence-electron chi connectivity index (χ2n) is 7.09. The van der Waals surface area contributed by atoms with E-state index in [0.717, 1.165) is 21.5 Å². The molecule has 4 rings (SSSR count). The van der Waals surface area contributed by atoms with E-state index in [4.69, 9.17) is 4.74 Å². The van der Waals surface area contributed by atoms with Crippen LogP contribution in [-0.4, -0.2) is 27.0 Å². The number of hydrogen-bond donors (Lipinski definition) is 1. The van der Waals surface area contributed by atoms with Crippen LogP contribution in [-0.2, 0) is 13.1 Å². The molecular weight excluding hydrogens is 435 g/mol. The van der Waals surface area contributed by atoms with Crippen molar-refractivity contribution in [2.45, 2.75) is 20.0 Å². The largest absolute Gasteiger partial charge is 0.481 e. The summed E-state index contributed by atoms with van der Waals surface area (Å²) in [5, 5.41) is 2.79. The number of nitrogens with one attached hydrogen (secondary N) is 1. The number of carbonyl (C=O) groups is 1. The van der Waals surface area contributed by atoms with Gasteiger partial charge in [-0.3, -0.25) is 18.6 Å². The van der Waals surface area contributed by atoms with E-state index >= 15 is 0 Å². The van der Waals surface area contributed by atoms with E-state index in [0.29, 0.717) is 26.7 Å². The van der Waals surface area contributed by atoms with Crippen LogP contribution in [0.25, 0.3) is 4.83 Å². The number of nitrogens with zero attached hydrogens (tertiary/aromatic N) is 3. The Morgan fingerprint density at radius 1 is 1.19 bits per heavy atom. The predicted molar refractivity (Wildman–Crippen MR) is 118 cm³/mol. The van der Waals surface area contributed by atoms with Gasteiger partial charge in [0.1, 0.15) is 15.5 Å². The summed E-state index contributed by atoms with van der Waals surface area (Å²) in [5.74, 6) is -0.330. The maximum atomic E-state index is 13.2. The summed E-state index contributed by atoms with van der Waals surface area (Å²) in [5.41, 5.74) is 0.769. The molecule has 3 aromatic heterocycles. The Hall–Kier alpha value is -3.79. The Bertz CT molecular complexity index is 1420. The Labute approximate surface area is 185 Å². The van der Waals surface area contributed by atoms with Gasteiger partial charge in [-0.25, -0.2) is 14.2 Å². The monoisotopic (exact) mass is 454 g/mol. The first kappa shape index (κ1) is 21.4. The molecule has 0 fully saturated rings. The number of benzene rings is 1. The molecule has 3 heterocycles. The molecule has 0 aliphatic heterocycles. The third-order valence-electron chi connectivity index (χ3n) is 4.93. The normalized spacial score (nSPS) is 11.0. The summed E-state index contributed by atoms with van der Waals surface area (Å²) in [7, 11) is 1.51. The van der Waals surface area contributed by atoms with Crippen molar-refractivity contribution in [2.75, 3.05) is 7.11 Å². The summed E-state index contributed by atoms with van der Waals surface area (Å²) in [6.07, 6.45) is 3.01. The third-order valence-corrected chi connectivity index (χ3v) is 6.14. The third kappa shape index (κ3) is 4.17. The summed E-state index contributed by atoms with van der Waals surface area (Å²) in [6, 6.07) is 9.05. The Morgan fingerprint density at radius 3 is 2.66 bits per heavy atom. The molecule has 0 unspecified atom stereocenters. The molecule has 4 aromatic rings. The molecule has 1 aromatic carbocycles. The number of fused-ring (bicyclic) bond motifs is 1. The zero-order valence-electron chi connectivity index (χ0n) is 17.3. The van der Waals surface area contributed by atoms with Crippen LogP contribution >= 0.6 is 11.3 Å². The molecule has 0 radical (unpaired) electrons. The van der Waals surface area contributed by atoms with Crippen LogP contribution in [0.15, 0.2) is 58.4 Å². The summed E-state index contributed by atoms with van der Waals surface area (Å²) in [6.45, 7) is 1.86. The molecule has 10 heteroatoms. The molecule has 0 saturated heterocycles. The van der Waals surface area contributed by atoms with Crippen molar-refractivity contribution in [1.29, 1.82) is 0 Å². The first-order valence-corrected chi connectivity index (χ1v) is 10.5. The van der Waals surface area contributed by atoms with E-state index in [2.05, 4.69) is 10.3 Å². The number of amides is 1. The zero-order valence-corrected chi connectivity index (χ0v) is 18.1. The molecule has 164 valence electrons. The lowest BCUT2D eigenvalue weighted by molar-refractivity contribution is 0.0954. The van der Waals surface area contributed by atoms with Gasteiger partial charge in [0.2, 0.25) is 5.88 Å². The lowest BCUT2D eigenvalue weighted by Crippen LogP contribution is -2.38. The zero-order chi connectivity index (χ0) is 22.8. The van der Waals surface area contributed by atoms with Crippen LogP contribution in [0.2, 0.25) is 0 Å². The lowest BCUT2D eigenvalue weighted by Gasteiger charge is -2.07. The van der Waals surface area contributed by atoms with Gasteiger partial charge in [-0.05, 0) is 36.2 Å². The van der Waals surface area contributed by atoms with E-state index in [1.54, 1.807) is 25.3 Å². The van der Waals surface area contributed by atoms with Crippen LogP contribution in [0, 0.1) is 12.7 Å². The van der Waals surface area contributed by atoms with Gasteiger partial charge in [0, 0.05) is 30.6 Å². The molecule has 32 heavy (non-hydrogen) atoms. The highest BCUT2D eigenvalue weighted by Crippen LogP contribution is 2.18. The van der Waals surface area contributed by atoms with Gasteiger partial charge in [0.15, 0.2) is 0 Å². The van der Waals surface area contributed by atoms with Gasteiger partial charge in [-0.15, -0.1) is 11.3 Å². The number of thiazole rings is 1. The number of ether oxygens (including phenoxy) is 1. The maximum Gasteiger partial charge on any atom is 0.336 e. The predicted octanol–water partition coefficient (Wildman–Crippen LogP) is 2.35. The van der Waals surface area contributed by atoms with E-state index in [1.807, 2.05) is 0 Å². The van der Waals surface area contributed by atoms with Gasteiger partial charge >= 0.3 is 5.69 Å². The number of carbonyl (C=O) groups excluding carboxylic acids is 1. The molecule has 0 atom stereocenters. The van der Waals surface area contributed by atoms with Crippen LogP contribution in [0.4, 0.5) is 4.39 Å². The van der Waals surface area contributed by atoms with Crippen LogP contribution in [0.3, 0.4) is 0 Å². The minimum absolute atomic E-state index is 0.00296. The SMILES string of the molecule is COc1cc(CNC(=O)c2cn3c(=O)n(Cc4ccc(F)cc4)c(=O)c(C)c3s2)ccn1. The average molecular weight is 454 g/mol. The number of halogens is 1. The molecule has 8 nitrogen and oxygen atoms in total. The highest BCUT2D eigenvalue weighted by Gasteiger charge is 2.17. The first-order valence-electron chi connectivity index (χ1n) is 9.64. The van der Waals surface area contributed by atoms with Crippen molar-refractivity contribution >= 4 is 22.1 Å².